The van der Waals surface area contributed by atoms with Crippen LogP contribution in [-0.2, 0) is 5.75 Å². The van der Waals surface area contributed by atoms with E-state index in [2.05, 4.69) is 15.3 Å². The van der Waals surface area contributed by atoms with Gasteiger partial charge in [0.25, 0.3) is 11.8 Å². The van der Waals surface area contributed by atoms with E-state index in [0.717, 1.165) is 46.0 Å². The van der Waals surface area contributed by atoms with Gasteiger partial charge < -0.3 is 19.4 Å². The minimum absolute atomic E-state index is 0.0911. The summed E-state index contributed by atoms with van der Waals surface area (Å²) in [4.78, 5) is 36.7. The molecule has 192 valence electrons. The maximum atomic E-state index is 13.2. The number of carbonyl (C=O) groups excluding carboxylic acids is 2. The van der Waals surface area contributed by atoms with Crippen LogP contribution in [-0.4, -0.2) is 59.2 Å². The van der Waals surface area contributed by atoms with Crippen LogP contribution in [0, 0.1) is 0 Å². The van der Waals surface area contributed by atoms with Gasteiger partial charge >= 0.3 is 0 Å². The van der Waals surface area contributed by atoms with E-state index in [1.54, 1.807) is 31.2 Å². The van der Waals surface area contributed by atoms with E-state index in [4.69, 9.17) is 9.15 Å². The first-order valence-electron chi connectivity index (χ1n) is 12.2. The Kier molecular flexibility index (Phi) is 8.05. The van der Waals surface area contributed by atoms with Gasteiger partial charge in [-0.2, -0.15) is 11.8 Å². The Morgan fingerprint density at radius 3 is 2.78 bits per heavy atom. The summed E-state index contributed by atoms with van der Waals surface area (Å²) in [7, 11) is 1.60. The molecule has 10 heteroatoms. The van der Waals surface area contributed by atoms with Crippen LogP contribution >= 0.6 is 23.1 Å². The first-order chi connectivity index (χ1) is 18.1. The van der Waals surface area contributed by atoms with Crippen LogP contribution in [0.3, 0.4) is 0 Å². The summed E-state index contributed by atoms with van der Waals surface area (Å²) in [5.41, 5.74) is 1.59. The van der Waals surface area contributed by atoms with E-state index in [-0.39, 0.29) is 17.7 Å². The molecular weight excluding hydrogens is 508 g/mol. The number of hydrogen-bond acceptors (Lipinski definition) is 8. The molecule has 5 rings (SSSR count). The molecular formula is C27H28N4O4S2. The highest BCUT2D eigenvalue weighted by Gasteiger charge is 2.28. The van der Waals surface area contributed by atoms with Crippen molar-refractivity contribution in [2.75, 3.05) is 32.5 Å². The summed E-state index contributed by atoms with van der Waals surface area (Å²) < 4.78 is 10.8. The molecule has 1 aromatic carbocycles. The number of likely N-dealkylation sites (tertiary alicyclic amines) is 1. The normalized spacial score (nSPS) is 14.1. The molecule has 3 aromatic heterocycles. The van der Waals surface area contributed by atoms with Crippen LogP contribution in [0.1, 0.15) is 50.5 Å². The monoisotopic (exact) mass is 536 g/mol. The Balaban J connectivity index is 1.12. The largest absolute Gasteiger partial charge is 0.496 e. The van der Waals surface area contributed by atoms with Gasteiger partial charge in [0.1, 0.15) is 22.9 Å². The molecule has 0 saturated carbocycles. The molecule has 2 amide bonds. The molecule has 0 atom stereocenters. The third kappa shape index (κ3) is 5.97. The Morgan fingerprint density at radius 1 is 1.16 bits per heavy atom. The van der Waals surface area contributed by atoms with Crippen molar-refractivity contribution >= 4 is 45.8 Å². The second kappa shape index (κ2) is 11.8. The quantitative estimate of drug-likeness (QED) is 0.302. The average Bonchev–Trinajstić information content (AvgIpc) is 3.65. The summed E-state index contributed by atoms with van der Waals surface area (Å²) in [5.74, 6) is 3.16. The van der Waals surface area contributed by atoms with Gasteiger partial charge in [-0.05, 0) is 37.1 Å². The number of carbonyl (C=O) groups is 2. The number of rotatable bonds is 9. The first kappa shape index (κ1) is 25.3. The average molecular weight is 537 g/mol. The van der Waals surface area contributed by atoms with Crippen LogP contribution in [0.4, 0.5) is 0 Å². The van der Waals surface area contributed by atoms with Crippen molar-refractivity contribution < 1.29 is 18.7 Å². The lowest BCUT2D eigenvalue weighted by atomic mass is 9.97. The number of para-hydroxylation sites is 1. The van der Waals surface area contributed by atoms with Crippen molar-refractivity contribution in [3.63, 3.8) is 0 Å². The predicted molar refractivity (Wildman–Crippen MR) is 145 cm³/mol. The first-order valence-corrected chi connectivity index (χ1v) is 14.2. The maximum absolute atomic E-state index is 13.2. The molecule has 4 aromatic rings. The standard InChI is InChI=1S/C27H28N4O4S2/c1-34-24-15-22(29-21-7-3-2-6-20(21)24)27(33)31-11-8-18(9-12-31)26-30-23(17-37-26)25(32)28-10-14-36-16-19-5-4-13-35-19/h2-7,13,15,17-18H,8-12,14,16H2,1H3,(H,28,32). The second-order valence-electron chi connectivity index (χ2n) is 8.75. The SMILES string of the molecule is COc1cc(C(=O)N2CCC(c3nc(C(=O)NCCSCc4ccco4)cs3)CC2)nc2ccccc12. The number of furan rings is 1. The highest BCUT2D eigenvalue weighted by molar-refractivity contribution is 7.98. The number of ether oxygens (including phenoxy) is 1. The Bertz CT molecular complexity index is 1360. The number of amides is 2. The number of aromatic nitrogens is 2. The minimum Gasteiger partial charge on any atom is -0.496 e. The summed E-state index contributed by atoms with van der Waals surface area (Å²) >= 11 is 3.23. The third-order valence-electron chi connectivity index (χ3n) is 6.36. The van der Waals surface area contributed by atoms with Gasteiger partial charge in [-0.3, -0.25) is 9.59 Å². The summed E-state index contributed by atoms with van der Waals surface area (Å²) in [5, 5.41) is 6.60. The molecule has 1 aliphatic heterocycles. The minimum atomic E-state index is -0.148. The second-order valence-corrected chi connectivity index (χ2v) is 10.7. The number of nitrogens with zero attached hydrogens (tertiary/aromatic N) is 3. The van der Waals surface area contributed by atoms with E-state index in [9.17, 15) is 9.59 Å². The number of nitrogens with one attached hydrogen (secondary N) is 1. The molecule has 1 N–H and O–H groups in total. The van der Waals surface area contributed by atoms with Crippen LogP contribution in [0.15, 0.2) is 58.5 Å². The molecule has 0 spiro atoms. The van der Waals surface area contributed by atoms with E-state index in [1.807, 2.05) is 46.7 Å². The van der Waals surface area contributed by atoms with Crippen molar-refractivity contribution in [2.24, 2.45) is 0 Å². The Hall–Kier alpha value is -3.37. The molecule has 4 heterocycles. The number of fused-ring (bicyclic) bond motifs is 1. The third-order valence-corrected chi connectivity index (χ3v) is 8.35. The zero-order valence-electron chi connectivity index (χ0n) is 20.5. The van der Waals surface area contributed by atoms with Crippen LogP contribution < -0.4 is 10.1 Å². The van der Waals surface area contributed by atoms with Crippen molar-refractivity contribution in [1.29, 1.82) is 0 Å². The number of pyridine rings is 1. The fourth-order valence-corrected chi connectivity index (χ4v) is 6.12. The van der Waals surface area contributed by atoms with Crippen LogP contribution in [0.25, 0.3) is 10.9 Å². The molecule has 1 fully saturated rings. The van der Waals surface area contributed by atoms with Crippen molar-refractivity contribution in [3.05, 3.63) is 76.3 Å². The molecule has 0 aliphatic carbocycles. The van der Waals surface area contributed by atoms with Crippen LogP contribution in [0.2, 0.25) is 0 Å². The number of thioether (sulfide) groups is 1. The fraction of sp³-hybridized carbons (Fsp3) is 0.333. The van der Waals surface area contributed by atoms with Gasteiger partial charge in [-0.15, -0.1) is 11.3 Å². The summed E-state index contributed by atoms with van der Waals surface area (Å²) in [6, 6.07) is 13.2. The molecule has 0 bridgehead atoms. The van der Waals surface area contributed by atoms with Crippen LogP contribution in [0.5, 0.6) is 5.75 Å². The van der Waals surface area contributed by atoms with E-state index in [0.29, 0.717) is 36.8 Å². The van der Waals surface area contributed by atoms with Gasteiger partial charge in [0.05, 0.1) is 29.7 Å². The van der Waals surface area contributed by atoms with Crippen molar-refractivity contribution in [3.8, 4) is 5.75 Å². The van der Waals surface area contributed by atoms with E-state index >= 15 is 0 Å². The van der Waals surface area contributed by atoms with Crippen molar-refractivity contribution in [2.45, 2.75) is 24.5 Å². The van der Waals surface area contributed by atoms with Gasteiger partial charge in [0.2, 0.25) is 0 Å². The Labute approximate surface area is 223 Å². The molecule has 0 radical (unpaired) electrons. The van der Waals surface area contributed by atoms with E-state index in [1.165, 1.54) is 11.3 Å². The lowest BCUT2D eigenvalue weighted by Gasteiger charge is -2.31. The maximum Gasteiger partial charge on any atom is 0.272 e. The molecule has 1 aliphatic rings. The van der Waals surface area contributed by atoms with Gasteiger partial charge in [0.15, 0.2) is 0 Å². The predicted octanol–water partition coefficient (Wildman–Crippen LogP) is 4.98. The number of benzene rings is 1. The van der Waals surface area contributed by atoms with Gasteiger partial charge in [-0.25, -0.2) is 9.97 Å². The van der Waals surface area contributed by atoms with E-state index < -0.39 is 0 Å². The zero-order chi connectivity index (χ0) is 25.6. The molecule has 37 heavy (non-hydrogen) atoms. The molecule has 0 unspecified atom stereocenters. The zero-order valence-corrected chi connectivity index (χ0v) is 22.1. The van der Waals surface area contributed by atoms with Gasteiger partial charge in [-0.1, -0.05) is 12.1 Å². The number of piperidine rings is 1. The highest BCUT2D eigenvalue weighted by Crippen LogP contribution is 2.32. The molecule has 1 saturated heterocycles. The number of hydrogen-bond donors (Lipinski definition) is 1. The Morgan fingerprint density at radius 2 is 2.00 bits per heavy atom. The summed E-state index contributed by atoms with van der Waals surface area (Å²) in [6.07, 6.45) is 3.27. The highest BCUT2D eigenvalue weighted by atomic mass is 32.2. The smallest absolute Gasteiger partial charge is 0.272 e. The molecule has 8 nitrogen and oxygen atoms in total. The van der Waals surface area contributed by atoms with Crippen molar-refractivity contribution in [1.82, 2.24) is 20.2 Å². The topological polar surface area (TPSA) is 97.6 Å². The van der Waals surface area contributed by atoms with Gasteiger partial charge in [0, 0.05) is 48.1 Å². The lowest BCUT2D eigenvalue weighted by molar-refractivity contribution is 0.0707. The lowest BCUT2D eigenvalue weighted by Crippen LogP contribution is -2.38. The number of methoxy groups -OCH3 is 1. The summed E-state index contributed by atoms with van der Waals surface area (Å²) in [6.45, 7) is 1.81. The number of thiazole rings is 1. The fourth-order valence-electron chi connectivity index (χ4n) is 4.39.